The van der Waals surface area contributed by atoms with Crippen molar-refractivity contribution < 1.29 is 18.4 Å². The summed E-state index contributed by atoms with van der Waals surface area (Å²) in [6, 6.07) is 12.3. The third-order valence-electron chi connectivity index (χ3n) is 3.51. The molecule has 6 nitrogen and oxygen atoms in total. The number of sulfonamides is 1. The van der Waals surface area contributed by atoms with Crippen molar-refractivity contribution in [1.82, 2.24) is 9.79 Å². The van der Waals surface area contributed by atoms with Gasteiger partial charge in [-0.3, -0.25) is 10.0 Å². The number of hydrogen-bond donors (Lipinski definition) is 2. The first kappa shape index (κ1) is 18.1. The van der Waals surface area contributed by atoms with Gasteiger partial charge in [0.25, 0.3) is 5.91 Å². The predicted molar refractivity (Wildman–Crippen MR) is 92.1 cm³/mol. The van der Waals surface area contributed by atoms with Crippen molar-refractivity contribution in [3.8, 4) is 0 Å². The minimum atomic E-state index is -3.87. The van der Waals surface area contributed by atoms with Gasteiger partial charge in [-0.05, 0) is 29.3 Å². The Balaban J connectivity index is 2.39. The number of rotatable bonds is 7. The number of hydroxylamine groups is 1. The number of benzene rings is 2. The Morgan fingerprint density at radius 1 is 1.17 bits per heavy atom. The highest BCUT2D eigenvalue weighted by Gasteiger charge is 2.25. The van der Waals surface area contributed by atoms with E-state index in [1.807, 2.05) is 37.3 Å². The number of hydrogen-bond acceptors (Lipinski definition) is 4. The zero-order valence-corrected chi connectivity index (χ0v) is 14.2. The van der Waals surface area contributed by atoms with Gasteiger partial charge in [0, 0.05) is 6.54 Å². The fourth-order valence-corrected chi connectivity index (χ4v) is 3.66. The highest BCUT2D eigenvalue weighted by molar-refractivity contribution is 7.89. The molecule has 0 bridgehead atoms. The molecule has 2 aromatic rings. The van der Waals surface area contributed by atoms with E-state index in [4.69, 9.17) is 5.21 Å². The Morgan fingerprint density at radius 3 is 2.54 bits per heavy atom. The molecule has 0 radical (unpaired) electrons. The average molecular weight is 348 g/mol. The lowest BCUT2D eigenvalue weighted by Gasteiger charge is -2.20. The van der Waals surface area contributed by atoms with Gasteiger partial charge >= 0.3 is 0 Å². The summed E-state index contributed by atoms with van der Waals surface area (Å²) in [5.41, 5.74) is 1.47. The van der Waals surface area contributed by atoms with Gasteiger partial charge in [-0.25, -0.2) is 13.9 Å². The van der Waals surface area contributed by atoms with E-state index in [9.17, 15) is 13.2 Å². The van der Waals surface area contributed by atoms with Crippen molar-refractivity contribution in [1.29, 1.82) is 0 Å². The van der Waals surface area contributed by atoms with Gasteiger partial charge in [0.1, 0.15) is 0 Å². The van der Waals surface area contributed by atoms with Gasteiger partial charge in [0.05, 0.1) is 11.4 Å². The fraction of sp³-hybridized carbons (Fsp3) is 0.235. The van der Waals surface area contributed by atoms with Crippen molar-refractivity contribution in [3.05, 3.63) is 54.6 Å². The maximum Gasteiger partial charge on any atom is 0.258 e. The molecule has 2 aromatic carbocycles. The molecule has 128 valence electrons. The van der Waals surface area contributed by atoms with Crippen LogP contribution >= 0.6 is 0 Å². The Labute approximate surface area is 141 Å². The zero-order chi connectivity index (χ0) is 17.6. The Kier molecular flexibility index (Phi) is 6.08. The first-order chi connectivity index (χ1) is 11.5. The number of fused-ring (bicyclic) bond motifs is 1. The van der Waals surface area contributed by atoms with E-state index in [1.54, 1.807) is 18.2 Å². The molecule has 0 spiro atoms. The van der Waals surface area contributed by atoms with Gasteiger partial charge in [-0.15, -0.1) is 0 Å². The fourth-order valence-electron chi connectivity index (χ4n) is 2.28. The molecule has 0 aromatic heterocycles. The average Bonchev–Trinajstić information content (AvgIpc) is 2.60. The van der Waals surface area contributed by atoms with Crippen LogP contribution in [0.1, 0.15) is 13.3 Å². The summed E-state index contributed by atoms with van der Waals surface area (Å²) >= 11 is 0. The number of carbonyl (C=O) groups excluding carboxylic acids is 1. The van der Waals surface area contributed by atoms with Crippen LogP contribution in [0.25, 0.3) is 10.8 Å². The van der Waals surface area contributed by atoms with Crippen LogP contribution in [-0.2, 0) is 14.8 Å². The van der Waals surface area contributed by atoms with Gasteiger partial charge in [-0.1, -0.05) is 49.4 Å². The molecule has 0 aliphatic heterocycles. The van der Waals surface area contributed by atoms with Crippen LogP contribution in [0.4, 0.5) is 0 Å². The van der Waals surface area contributed by atoms with Gasteiger partial charge < -0.3 is 0 Å². The maximum absolute atomic E-state index is 12.9. The molecule has 0 heterocycles. The van der Waals surface area contributed by atoms with Crippen LogP contribution in [0.15, 0.2) is 59.5 Å². The molecular weight excluding hydrogens is 328 g/mol. The standard InChI is InChI=1S/C17H20N2O4S/c1-2-3-6-11-19(13-17(20)18-21)24(22,23)16-10-9-14-7-4-5-8-15(14)12-16/h3-10,12,21H,2,11,13H2,1H3,(H,18,20). The SMILES string of the molecule is CCC=CCN(CC(=O)NO)S(=O)(=O)c1ccc2ccccc2c1. The van der Waals surface area contributed by atoms with Gasteiger partial charge in [0.15, 0.2) is 0 Å². The second kappa shape index (κ2) is 8.05. The quantitative estimate of drug-likeness (QED) is 0.457. The lowest BCUT2D eigenvalue weighted by molar-refractivity contribution is -0.129. The lowest BCUT2D eigenvalue weighted by atomic mass is 10.1. The molecule has 2 N–H and O–H groups in total. The molecule has 0 atom stereocenters. The molecule has 1 amide bonds. The number of nitrogens with zero attached hydrogens (tertiary/aromatic N) is 1. The molecule has 7 heteroatoms. The van der Waals surface area contributed by atoms with E-state index < -0.39 is 22.5 Å². The van der Waals surface area contributed by atoms with Crippen LogP contribution in [-0.4, -0.2) is 36.9 Å². The largest absolute Gasteiger partial charge is 0.289 e. The first-order valence-electron chi connectivity index (χ1n) is 7.56. The lowest BCUT2D eigenvalue weighted by Crippen LogP contribution is -2.39. The number of allylic oxidation sites excluding steroid dienone is 1. The van der Waals surface area contributed by atoms with E-state index in [2.05, 4.69) is 0 Å². The highest BCUT2D eigenvalue weighted by Crippen LogP contribution is 2.21. The Bertz CT molecular complexity index is 847. The topological polar surface area (TPSA) is 86.7 Å². The molecule has 0 saturated heterocycles. The van der Waals surface area contributed by atoms with E-state index >= 15 is 0 Å². The molecular formula is C17H20N2O4S. The van der Waals surface area contributed by atoms with E-state index in [0.717, 1.165) is 21.5 Å². The van der Waals surface area contributed by atoms with Crippen LogP contribution in [0.5, 0.6) is 0 Å². The zero-order valence-electron chi connectivity index (χ0n) is 13.3. The van der Waals surface area contributed by atoms with Crippen LogP contribution in [0, 0.1) is 0 Å². The number of amides is 1. The predicted octanol–water partition coefficient (Wildman–Crippen LogP) is 2.30. The van der Waals surface area contributed by atoms with Gasteiger partial charge in [0.2, 0.25) is 10.0 Å². The van der Waals surface area contributed by atoms with Crippen molar-refractivity contribution in [2.45, 2.75) is 18.2 Å². The minimum Gasteiger partial charge on any atom is -0.289 e. The Hall–Kier alpha value is -2.22. The smallest absolute Gasteiger partial charge is 0.258 e. The normalized spacial score (nSPS) is 12.1. The van der Waals surface area contributed by atoms with E-state index in [0.29, 0.717) is 0 Å². The van der Waals surface area contributed by atoms with Crippen molar-refractivity contribution in [3.63, 3.8) is 0 Å². The van der Waals surface area contributed by atoms with Crippen LogP contribution in [0.3, 0.4) is 0 Å². The van der Waals surface area contributed by atoms with Crippen molar-refractivity contribution in [2.75, 3.05) is 13.1 Å². The molecule has 0 unspecified atom stereocenters. The summed E-state index contributed by atoms with van der Waals surface area (Å²) in [4.78, 5) is 11.6. The highest BCUT2D eigenvalue weighted by atomic mass is 32.2. The second-order valence-electron chi connectivity index (χ2n) is 5.22. The minimum absolute atomic E-state index is 0.0520. The second-order valence-corrected chi connectivity index (χ2v) is 7.16. The molecule has 0 saturated carbocycles. The molecule has 24 heavy (non-hydrogen) atoms. The summed E-state index contributed by atoms with van der Waals surface area (Å²) in [6.07, 6.45) is 4.26. The van der Waals surface area contributed by atoms with Crippen molar-refractivity contribution in [2.24, 2.45) is 0 Å². The first-order valence-corrected chi connectivity index (χ1v) is 9.00. The summed E-state index contributed by atoms with van der Waals surface area (Å²) in [5.74, 6) is -0.788. The molecule has 0 aliphatic rings. The van der Waals surface area contributed by atoms with Crippen molar-refractivity contribution >= 4 is 26.7 Å². The van der Waals surface area contributed by atoms with E-state index in [-0.39, 0.29) is 11.4 Å². The number of nitrogens with one attached hydrogen (secondary N) is 1. The molecule has 2 rings (SSSR count). The number of carbonyl (C=O) groups is 1. The summed E-state index contributed by atoms with van der Waals surface area (Å²) < 4.78 is 26.7. The van der Waals surface area contributed by atoms with Crippen LogP contribution < -0.4 is 5.48 Å². The van der Waals surface area contributed by atoms with Gasteiger partial charge in [-0.2, -0.15) is 4.31 Å². The van der Waals surface area contributed by atoms with Crippen LogP contribution in [0.2, 0.25) is 0 Å². The summed E-state index contributed by atoms with van der Waals surface area (Å²) in [7, 11) is -3.87. The molecule has 0 aliphatic carbocycles. The van der Waals surface area contributed by atoms with E-state index in [1.165, 1.54) is 11.5 Å². The molecule has 0 fully saturated rings. The third-order valence-corrected chi connectivity index (χ3v) is 5.32. The summed E-state index contributed by atoms with van der Waals surface area (Å²) in [5, 5.41) is 10.4. The third kappa shape index (κ3) is 4.19. The summed E-state index contributed by atoms with van der Waals surface area (Å²) in [6.45, 7) is 1.52. The Morgan fingerprint density at radius 2 is 1.88 bits per heavy atom. The maximum atomic E-state index is 12.9. The monoisotopic (exact) mass is 348 g/mol.